The summed E-state index contributed by atoms with van der Waals surface area (Å²) >= 11 is 0. The van der Waals surface area contributed by atoms with Crippen molar-refractivity contribution in [3.8, 4) is 0 Å². The second-order valence-corrected chi connectivity index (χ2v) is 7.82. The predicted octanol–water partition coefficient (Wildman–Crippen LogP) is 3.54. The molecule has 0 radical (unpaired) electrons. The number of carbonyl (C=O) groups is 2. The number of hydrogen-bond donors (Lipinski definition) is 2. The van der Waals surface area contributed by atoms with Crippen molar-refractivity contribution < 1.29 is 9.59 Å². The minimum atomic E-state index is -0.152. The molecule has 1 aliphatic carbocycles. The zero-order chi connectivity index (χ0) is 19.3. The van der Waals surface area contributed by atoms with Crippen molar-refractivity contribution in [2.24, 2.45) is 5.92 Å². The summed E-state index contributed by atoms with van der Waals surface area (Å²) in [4.78, 5) is 26.9. The maximum absolute atomic E-state index is 12.8. The minimum Gasteiger partial charge on any atom is -0.339 e. The zero-order valence-electron chi connectivity index (χ0n) is 16.1. The molecule has 0 spiro atoms. The van der Waals surface area contributed by atoms with E-state index in [2.05, 4.69) is 10.6 Å². The Labute approximate surface area is 166 Å². The lowest BCUT2D eigenvalue weighted by atomic mass is 10.0. The summed E-state index contributed by atoms with van der Waals surface area (Å²) in [6.07, 6.45) is 4.77. The Morgan fingerprint density at radius 2 is 1.54 bits per heavy atom. The normalized spacial score (nSPS) is 17.4. The number of nitrogens with zero attached hydrogens (tertiary/aromatic N) is 1. The van der Waals surface area contributed by atoms with Crippen molar-refractivity contribution in [2.45, 2.75) is 31.7 Å². The second kappa shape index (κ2) is 8.57. The number of likely N-dealkylation sites (tertiary alicyclic amines) is 1. The molecule has 2 fully saturated rings. The molecule has 5 heteroatoms. The third-order valence-corrected chi connectivity index (χ3v) is 5.60. The Kier molecular flexibility index (Phi) is 5.72. The molecule has 2 N–H and O–H groups in total. The lowest BCUT2D eigenvalue weighted by molar-refractivity contribution is 0.0705. The van der Waals surface area contributed by atoms with Crippen molar-refractivity contribution in [3.63, 3.8) is 0 Å². The average molecular weight is 377 g/mol. The van der Waals surface area contributed by atoms with Gasteiger partial charge >= 0.3 is 0 Å². The van der Waals surface area contributed by atoms with Gasteiger partial charge in [-0.05, 0) is 74.5 Å². The Morgan fingerprint density at radius 1 is 0.857 bits per heavy atom. The van der Waals surface area contributed by atoms with E-state index in [4.69, 9.17) is 0 Å². The molecule has 4 rings (SSSR count). The smallest absolute Gasteiger partial charge is 0.255 e. The summed E-state index contributed by atoms with van der Waals surface area (Å²) in [7, 11) is 0. The molecule has 1 aliphatic heterocycles. The number of amides is 2. The van der Waals surface area contributed by atoms with Crippen LogP contribution in [-0.2, 0) is 0 Å². The summed E-state index contributed by atoms with van der Waals surface area (Å²) in [6.45, 7) is 2.73. The van der Waals surface area contributed by atoms with E-state index in [0.29, 0.717) is 22.9 Å². The van der Waals surface area contributed by atoms with Gasteiger partial charge in [0.15, 0.2) is 0 Å². The van der Waals surface area contributed by atoms with Crippen LogP contribution < -0.4 is 10.6 Å². The van der Waals surface area contributed by atoms with Crippen LogP contribution in [0.4, 0.5) is 5.69 Å². The molecule has 5 nitrogen and oxygen atoms in total. The first-order valence-electron chi connectivity index (χ1n) is 10.2. The van der Waals surface area contributed by atoms with Crippen molar-refractivity contribution in [2.75, 3.05) is 25.0 Å². The van der Waals surface area contributed by atoms with Gasteiger partial charge in [-0.3, -0.25) is 9.59 Å². The number of hydrogen-bond acceptors (Lipinski definition) is 3. The van der Waals surface area contributed by atoms with Gasteiger partial charge in [-0.1, -0.05) is 18.2 Å². The lowest BCUT2D eigenvalue weighted by Crippen LogP contribution is -2.45. The van der Waals surface area contributed by atoms with Crippen LogP contribution in [0.1, 0.15) is 46.4 Å². The monoisotopic (exact) mass is 377 g/mol. The van der Waals surface area contributed by atoms with Crippen LogP contribution in [-0.4, -0.2) is 42.4 Å². The van der Waals surface area contributed by atoms with Crippen LogP contribution in [0.15, 0.2) is 54.6 Å². The Hall–Kier alpha value is -2.66. The fourth-order valence-electron chi connectivity index (χ4n) is 3.61. The number of rotatable bonds is 6. The summed E-state index contributed by atoms with van der Waals surface area (Å²) in [5.41, 5.74) is 1.97. The maximum atomic E-state index is 12.8. The summed E-state index contributed by atoms with van der Waals surface area (Å²) in [5, 5.41) is 6.51. The van der Waals surface area contributed by atoms with Crippen LogP contribution >= 0.6 is 0 Å². The molecule has 2 amide bonds. The van der Waals surface area contributed by atoms with Crippen LogP contribution in [0.2, 0.25) is 0 Å². The molecule has 1 saturated heterocycles. The molecule has 0 bridgehead atoms. The van der Waals surface area contributed by atoms with E-state index in [1.807, 2.05) is 23.1 Å². The highest BCUT2D eigenvalue weighted by Gasteiger charge is 2.26. The number of nitrogens with one attached hydrogen (secondary N) is 2. The summed E-state index contributed by atoms with van der Waals surface area (Å²) < 4.78 is 0. The fourth-order valence-corrected chi connectivity index (χ4v) is 3.61. The van der Waals surface area contributed by atoms with Crippen molar-refractivity contribution >= 4 is 17.5 Å². The fraction of sp³-hybridized carbons (Fsp3) is 0.391. The van der Waals surface area contributed by atoms with Gasteiger partial charge in [-0.2, -0.15) is 0 Å². The van der Waals surface area contributed by atoms with Gasteiger partial charge in [-0.25, -0.2) is 0 Å². The topological polar surface area (TPSA) is 61.4 Å². The Morgan fingerprint density at radius 3 is 2.18 bits per heavy atom. The van der Waals surface area contributed by atoms with E-state index in [1.165, 1.54) is 12.8 Å². The SMILES string of the molecule is O=C(Nc1ccc(C(=O)N2CCC(NCC3CC3)CC2)cc1)c1ccccc1. The summed E-state index contributed by atoms with van der Waals surface area (Å²) in [6, 6.07) is 16.8. The van der Waals surface area contributed by atoms with Crippen LogP contribution in [0.5, 0.6) is 0 Å². The van der Waals surface area contributed by atoms with Gasteiger partial charge < -0.3 is 15.5 Å². The van der Waals surface area contributed by atoms with E-state index < -0.39 is 0 Å². The number of carbonyl (C=O) groups excluding carboxylic acids is 2. The standard InChI is InChI=1S/C23H27N3O2/c27-22(18-4-2-1-3-5-18)25-21-10-8-19(9-11-21)23(28)26-14-12-20(13-15-26)24-16-17-6-7-17/h1-5,8-11,17,20,24H,6-7,12-16H2,(H,25,27). The third-order valence-electron chi connectivity index (χ3n) is 5.60. The first-order valence-corrected chi connectivity index (χ1v) is 10.2. The number of anilines is 1. The molecule has 1 heterocycles. The van der Waals surface area contributed by atoms with Gasteiger partial charge in [0.25, 0.3) is 11.8 Å². The molecule has 0 aromatic heterocycles. The van der Waals surface area contributed by atoms with Crippen molar-refractivity contribution in [1.29, 1.82) is 0 Å². The number of piperidine rings is 1. The average Bonchev–Trinajstić information content (AvgIpc) is 3.58. The highest BCUT2D eigenvalue weighted by Crippen LogP contribution is 2.28. The van der Waals surface area contributed by atoms with E-state index in [-0.39, 0.29) is 11.8 Å². The van der Waals surface area contributed by atoms with Gasteiger partial charge in [0.2, 0.25) is 0 Å². The maximum Gasteiger partial charge on any atom is 0.255 e. The Bertz CT molecular complexity index is 808. The van der Waals surface area contributed by atoms with Gasteiger partial charge in [0.1, 0.15) is 0 Å². The minimum absolute atomic E-state index is 0.0709. The van der Waals surface area contributed by atoms with E-state index in [1.54, 1.807) is 36.4 Å². The number of benzene rings is 2. The van der Waals surface area contributed by atoms with E-state index in [9.17, 15) is 9.59 Å². The highest BCUT2D eigenvalue weighted by atomic mass is 16.2. The van der Waals surface area contributed by atoms with E-state index >= 15 is 0 Å². The third kappa shape index (κ3) is 4.78. The molecule has 2 aromatic carbocycles. The second-order valence-electron chi connectivity index (χ2n) is 7.82. The lowest BCUT2D eigenvalue weighted by Gasteiger charge is -2.32. The first-order chi connectivity index (χ1) is 13.7. The highest BCUT2D eigenvalue weighted by molar-refractivity contribution is 6.04. The van der Waals surface area contributed by atoms with E-state index in [0.717, 1.165) is 38.4 Å². The molecular formula is C23H27N3O2. The van der Waals surface area contributed by atoms with Crippen LogP contribution in [0.25, 0.3) is 0 Å². The first kappa shape index (κ1) is 18.7. The quantitative estimate of drug-likeness (QED) is 0.809. The van der Waals surface area contributed by atoms with Crippen LogP contribution in [0.3, 0.4) is 0 Å². The molecule has 28 heavy (non-hydrogen) atoms. The predicted molar refractivity (Wildman–Crippen MR) is 110 cm³/mol. The molecule has 146 valence electrons. The zero-order valence-corrected chi connectivity index (χ0v) is 16.1. The van der Waals surface area contributed by atoms with Crippen molar-refractivity contribution in [1.82, 2.24) is 10.2 Å². The largest absolute Gasteiger partial charge is 0.339 e. The Balaban J connectivity index is 1.28. The summed E-state index contributed by atoms with van der Waals surface area (Å²) in [5.74, 6) is 0.808. The molecular weight excluding hydrogens is 350 g/mol. The van der Waals surface area contributed by atoms with Gasteiger partial charge in [0.05, 0.1) is 0 Å². The molecule has 2 aliphatic rings. The molecule has 2 aromatic rings. The molecule has 1 saturated carbocycles. The van der Waals surface area contributed by atoms with Gasteiger partial charge in [0, 0.05) is 35.9 Å². The van der Waals surface area contributed by atoms with Crippen LogP contribution in [0, 0.1) is 5.92 Å². The molecule has 0 atom stereocenters. The van der Waals surface area contributed by atoms with Gasteiger partial charge in [-0.15, -0.1) is 0 Å². The van der Waals surface area contributed by atoms with Crippen molar-refractivity contribution in [3.05, 3.63) is 65.7 Å². The molecule has 0 unspecified atom stereocenters.